The van der Waals surface area contributed by atoms with E-state index in [1.165, 1.54) is 16.9 Å². The summed E-state index contributed by atoms with van der Waals surface area (Å²) < 4.78 is 4.98. The van der Waals surface area contributed by atoms with E-state index in [-0.39, 0.29) is 32.7 Å². The van der Waals surface area contributed by atoms with Crippen LogP contribution in [0.2, 0.25) is 0 Å². The summed E-state index contributed by atoms with van der Waals surface area (Å²) in [6.07, 6.45) is 1.94. The Bertz CT molecular complexity index is 1280. The largest absolute Gasteiger partial charge is 0.375 e. The number of carbonyl (C=O) groups is 4. The molecule has 37 heavy (non-hydrogen) atoms. The Labute approximate surface area is 213 Å². The van der Waals surface area contributed by atoms with E-state index in [9.17, 15) is 19.2 Å². The lowest BCUT2D eigenvalue weighted by atomic mass is 10.0. The molecular weight excluding hydrogens is 476 g/mol. The van der Waals surface area contributed by atoms with Crippen LogP contribution in [0.5, 0.6) is 0 Å². The number of anilines is 1. The number of benzene rings is 2. The highest BCUT2D eigenvalue weighted by atomic mass is 16.5. The topological polar surface area (TPSA) is 150 Å². The van der Waals surface area contributed by atoms with E-state index in [1.54, 1.807) is 30.5 Å². The summed E-state index contributed by atoms with van der Waals surface area (Å²) in [6.45, 7) is 0.0891. The first kappa shape index (κ1) is 25.7. The van der Waals surface area contributed by atoms with Crippen molar-refractivity contribution in [2.45, 2.75) is 18.5 Å². The molecule has 11 nitrogen and oxygen atoms in total. The number of urea groups is 1. The van der Waals surface area contributed by atoms with Gasteiger partial charge < -0.3 is 35.9 Å². The van der Waals surface area contributed by atoms with E-state index in [2.05, 4.69) is 15.6 Å². The molecule has 2 heterocycles. The number of hydrogen-bond donors (Lipinski definition) is 4. The van der Waals surface area contributed by atoms with Crippen LogP contribution in [-0.4, -0.2) is 84.0 Å². The Morgan fingerprint density at radius 3 is 2.54 bits per heavy atom. The SMILES string of the molecule is COCC(=O)N1CCN(C(=O)Nc2ccccc2)C[C@H]1C(=O)N[C@H](Cc1c[nH]c2ccccc12)C(N)=O. The maximum atomic E-state index is 13.4. The van der Waals surface area contributed by atoms with Crippen molar-refractivity contribution in [3.63, 3.8) is 0 Å². The van der Waals surface area contributed by atoms with Gasteiger partial charge in [0.1, 0.15) is 18.7 Å². The molecule has 3 aromatic rings. The molecule has 1 aliphatic rings. The first-order valence-electron chi connectivity index (χ1n) is 11.9. The number of para-hydroxylation sites is 2. The standard InChI is InChI=1S/C26H30N6O5/c1-37-16-23(33)32-12-11-31(26(36)29-18-7-3-2-4-8-18)15-22(32)25(35)30-21(24(27)34)13-17-14-28-20-10-6-5-9-19(17)20/h2-10,14,21-22,28H,11-13,15-16H2,1H3,(H2,27,34)(H,29,36)(H,30,35)/t21-,22+/m1/s1. The fourth-order valence-electron chi connectivity index (χ4n) is 4.43. The van der Waals surface area contributed by atoms with Crippen molar-refractivity contribution in [3.8, 4) is 0 Å². The molecule has 1 aliphatic heterocycles. The first-order valence-corrected chi connectivity index (χ1v) is 11.9. The number of piperazine rings is 1. The fourth-order valence-corrected chi connectivity index (χ4v) is 4.43. The maximum absolute atomic E-state index is 13.4. The van der Waals surface area contributed by atoms with Gasteiger partial charge in [0.25, 0.3) is 0 Å². The molecule has 0 radical (unpaired) electrons. The number of aromatic nitrogens is 1. The minimum Gasteiger partial charge on any atom is -0.375 e. The Morgan fingerprint density at radius 2 is 1.81 bits per heavy atom. The zero-order valence-electron chi connectivity index (χ0n) is 20.5. The van der Waals surface area contributed by atoms with Crippen LogP contribution in [0.15, 0.2) is 60.8 Å². The molecule has 0 spiro atoms. The van der Waals surface area contributed by atoms with Crippen LogP contribution in [0, 0.1) is 0 Å². The fraction of sp³-hybridized carbons (Fsp3) is 0.308. The predicted molar refractivity (Wildman–Crippen MR) is 138 cm³/mol. The average Bonchev–Trinajstić information content (AvgIpc) is 3.31. The minimum absolute atomic E-state index is 0.0570. The summed E-state index contributed by atoms with van der Waals surface area (Å²) in [7, 11) is 1.39. The van der Waals surface area contributed by atoms with E-state index >= 15 is 0 Å². The average molecular weight is 507 g/mol. The van der Waals surface area contributed by atoms with Crippen LogP contribution in [0.25, 0.3) is 10.9 Å². The molecule has 2 atom stereocenters. The molecule has 194 valence electrons. The first-order chi connectivity index (χ1) is 17.9. The lowest BCUT2D eigenvalue weighted by Crippen LogP contribution is -2.64. The monoisotopic (exact) mass is 506 g/mol. The normalized spacial score (nSPS) is 16.3. The maximum Gasteiger partial charge on any atom is 0.321 e. The summed E-state index contributed by atoms with van der Waals surface area (Å²) in [6, 6.07) is 14.1. The van der Waals surface area contributed by atoms with Gasteiger partial charge in [0.2, 0.25) is 17.7 Å². The summed E-state index contributed by atoms with van der Waals surface area (Å²) in [5, 5.41) is 6.42. The van der Waals surface area contributed by atoms with E-state index in [4.69, 9.17) is 10.5 Å². The van der Waals surface area contributed by atoms with E-state index < -0.39 is 35.8 Å². The third-order valence-corrected chi connectivity index (χ3v) is 6.34. The molecule has 0 saturated carbocycles. The highest BCUT2D eigenvalue weighted by molar-refractivity contribution is 5.94. The number of nitrogens with zero attached hydrogens (tertiary/aromatic N) is 2. The van der Waals surface area contributed by atoms with Crippen molar-refractivity contribution >= 4 is 40.3 Å². The number of nitrogens with two attached hydrogens (primary N) is 1. The second-order valence-corrected chi connectivity index (χ2v) is 8.81. The highest BCUT2D eigenvalue weighted by Gasteiger charge is 2.38. The minimum atomic E-state index is -1.03. The number of fused-ring (bicyclic) bond motifs is 1. The number of hydrogen-bond acceptors (Lipinski definition) is 5. The molecule has 5 amide bonds. The zero-order valence-corrected chi connectivity index (χ0v) is 20.5. The van der Waals surface area contributed by atoms with Gasteiger partial charge in [-0.05, 0) is 23.8 Å². The second kappa shape index (κ2) is 11.6. The van der Waals surface area contributed by atoms with Gasteiger partial charge in [-0.3, -0.25) is 14.4 Å². The molecule has 1 saturated heterocycles. The molecule has 1 aromatic heterocycles. The third-order valence-electron chi connectivity index (χ3n) is 6.34. The van der Waals surface area contributed by atoms with Gasteiger partial charge >= 0.3 is 6.03 Å². The van der Waals surface area contributed by atoms with Crippen molar-refractivity contribution in [1.29, 1.82) is 0 Å². The summed E-state index contributed by atoms with van der Waals surface area (Å²) in [4.78, 5) is 57.3. The lowest BCUT2D eigenvalue weighted by Gasteiger charge is -2.40. The number of primary amides is 1. The zero-order chi connectivity index (χ0) is 26.4. The molecule has 11 heteroatoms. The van der Waals surface area contributed by atoms with E-state index in [0.29, 0.717) is 5.69 Å². The van der Waals surface area contributed by atoms with Crippen LogP contribution in [0.3, 0.4) is 0 Å². The number of amides is 5. The van der Waals surface area contributed by atoms with Crippen molar-refractivity contribution < 1.29 is 23.9 Å². The molecule has 4 rings (SSSR count). The Balaban J connectivity index is 1.50. The number of methoxy groups -OCH3 is 1. The van der Waals surface area contributed by atoms with Crippen LogP contribution in [-0.2, 0) is 25.5 Å². The summed E-state index contributed by atoms with van der Waals surface area (Å²) >= 11 is 0. The van der Waals surface area contributed by atoms with Gasteiger partial charge in [0, 0.05) is 49.4 Å². The number of H-pyrrole nitrogens is 1. The number of rotatable bonds is 8. The van der Waals surface area contributed by atoms with Crippen molar-refractivity contribution in [2.24, 2.45) is 5.73 Å². The van der Waals surface area contributed by atoms with Gasteiger partial charge in [-0.25, -0.2) is 4.79 Å². The Hall–Kier alpha value is -4.38. The smallest absolute Gasteiger partial charge is 0.321 e. The lowest BCUT2D eigenvalue weighted by molar-refractivity contribution is -0.146. The summed E-state index contributed by atoms with van der Waals surface area (Å²) in [5.41, 5.74) is 7.97. The van der Waals surface area contributed by atoms with Gasteiger partial charge in [0.15, 0.2) is 0 Å². The Kier molecular flexibility index (Phi) is 8.04. The molecule has 0 unspecified atom stereocenters. The molecule has 0 aliphatic carbocycles. The molecule has 1 fully saturated rings. The van der Waals surface area contributed by atoms with Crippen LogP contribution >= 0.6 is 0 Å². The number of ether oxygens (including phenoxy) is 1. The number of aromatic amines is 1. The highest BCUT2D eigenvalue weighted by Crippen LogP contribution is 2.20. The molecule has 2 aromatic carbocycles. The third kappa shape index (κ3) is 6.07. The number of nitrogens with one attached hydrogen (secondary N) is 3. The molecule has 5 N–H and O–H groups in total. The quantitative estimate of drug-likeness (QED) is 0.361. The number of carbonyl (C=O) groups excluding carboxylic acids is 4. The summed E-state index contributed by atoms with van der Waals surface area (Å²) in [5.74, 6) is -1.67. The Morgan fingerprint density at radius 1 is 1.08 bits per heavy atom. The van der Waals surface area contributed by atoms with Gasteiger partial charge in [-0.15, -0.1) is 0 Å². The second-order valence-electron chi connectivity index (χ2n) is 8.81. The van der Waals surface area contributed by atoms with Gasteiger partial charge in [-0.2, -0.15) is 0 Å². The van der Waals surface area contributed by atoms with Gasteiger partial charge in [0.05, 0.1) is 6.54 Å². The molecular formula is C26H30N6O5. The van der Waals surface area contributed by atoms with Crippen molar-refractivity contribution in [3.05, 3.63) is 66.4 Å². The van der Waals surface area contributed by atoms with Crippen molar-refractivity contribution in [1.82, 2.24) is 20.1 Å². The van der Waals surface area contributed by atoms with Gasteiger partial charge in [-0.1, -0.05) is 36.4 Å². The van der Waals surface area contributed by atoms with Crippen LogP contribution < -0.4 is 16.4 Å². The molecule has 0 bridgehead atoms. The predicted octanol–water partition coefficient (Wildman–Crippen LogP) is 1.07. The van der Waals surface area contributed by atoms with E-state index in [1.807, 2.05) is 30.3 Å². The van der Waals surface area contributed by atoms with Crippen LogP contribution in [0.1, 0.15) is 5.56 Å². The van der Waals surface area contributed by atoms with Crippen molar-refractivity contribution in [2.75, 3.05) is 38.7 Å². The van der Waals surface area contributed by atoms with Crippen LogP contribution in [0.4, 0.5) is 10.5 Å². The van der Waals surface area contributed by atoms with E-state index in [0.717, 1.165) is 16.5 Å².